The Balaban J connectivity index is 1.83. The number of benzene rings is 1. The Bertz CT molecular complexity index is 1160. The molecule has 3 rings (SSSR count). The van der Waals surface area contributed by atoms with Crippen LogP contribution in [-0.4, -0.2) is 70.0 Å². The van der Waals surface area contributed by atoms with E-state index in [0.29, 0.717) is 35.7 Å². The lowest BCUT2D eigenvalue weighted by Crippen LogP contribution is -2.51. The molecule has 2 heterocycles. The van der Waals surface area contributed by atoms with Gasteiger partial charge in [-0.15, -0.1) is 0 Å². The molecule has 11 heteroatoms. The largest absolute Gasteiger partial charge is 0.402 e. The molecule has 0 spiro atoms. The molecule has 1 aliphatic rings. The number of amides is 2. The van der Waals surface area contributed by atoms with Crippen molar-refractivity contribution < 1.29 is 18.4 Å². The third-order valence-electron chi connectivity index (χ3n) is 6.95. The zero-order valence-corrected chi connectivity index (χ0v) is 23.0. The van der Waals surface area contributed by atoms with E-state index in [1.807, 2.05) is 38.7 Å². The van der Waals surface area contributed by atoms with Gasteiger partial charge in [0.15, 0.2) is 0 Å². The molecule has 2 amide bonds. The number of carbonyl (C=O) groups excluding carboxylic acids is 2. The molecule has 0 saturated carbocycles. The summed E-state index contributed by atoms with van der Waals surface area (Å²) < 4.78 is 29.4. The second kappa shape index (κ2) is 13.4. The molecule has 0 bridgehead atoms. The molecule has 5 N–H and O–H groups in total. The van der Waals surface area contributed by atoms with Gasteiger partial charge in [0.25, 0.3) is 0 Å². The fourth-order valence-electron chi connectivity index (χ4n) is 4.82. The lowest BCUT2D eigenvalue weighted by Gasteiger charge is -2.33. The monoisotopic (exact) mass is 543 g/mol. The van der Waals surface area contributed by atoms with Gasteiger partial charge in [-0.3, -0.25) is 14.6 Å². The van der Waals surface area contributed by atoms with Crippen molar-refractivity contribution in [2.75, 3.05) is 26.2 Å². The lowest BCUT2D eigenvalue weighted by molar-refractivity contribution is -0.139. The van der Waals surface area contributed by atoms with Crippen LogP contribution in [0.25, 0.3) is 0 Å². The van der Waals surface area contributed by atoms with Crippen LogP contribution >= 0.6 is 0 Å². The van der Waals surface area contributed by atoms with Crippen molar-refractivity contribution in [1.29, 1.82) is 0 Å². The van der Waals surface area contributed by atoms with E-state index in [4.69, 9.17) is 11.6 Å². The topological polar surface area (TPSA) is 121 Å². The van der Waals surface area contributed by atoms with Gasteiger partial charge in [-0.25, -0.2) is 15.2 Å². The van der Waals surface area contributed by atoms with Crippen LogP contribution in [0.3, 0.4) is 0 Å². The summed E-state index contributed by atoms with van der Waals surface area (Å²) >= 11 is 0. The number of alkyl halides is 1. The summed E-state index contributed by atoms with van der Waals surface area (Å²) in [6.07, 6.45) is -0.222. The minimum atomic E-state index is -1.38. The molecule has 39 heavy (non-hydrogen) atoms. The number of nitrogens with two attached hydrogens (primary N) is 2. The summed E-state index contributed by atoms with van der Waals surface area (Å²) in [7, 11) is 0. The van der Waals surface area contributed by atoms with Gasteiger partial charge >= 0.3 is 0 Å². The number of halogens is 2. The Morgan fingerprint density at radius 1 is 1.18 bits per heavy atom. The quantitative estimate of drug-likeness (QED) is 0.226. The van der Waals surface area contributed by atoms with Crippen LogP contribution in [0.2, 0.25) is 0 Å². The van der Waals surface area contributed by atoms with Crippen molar-refractivity contribution in [3.05, 3.63) is 77.3 Å². The number of hydrogen-bond donors (Lipinski definition) is 3. The van der Waals surface area contributed by atoms with Crippen LogP contribution in [0.5, 0.6) is 0 Å². The Morgan fingerprint density at radius 2 is 1.85 bits per heavy atom. The molecule has 1 saturated heterocycles. The summed E-state index contributed by atoms with van der Waals surface area (Å²) in [5.41, 5.74) is 7.19. The lowest BCUT2D eigenvalue weighted by atomic mass is 9.99. The first-order chi connectivity index (χ1) is 18.6. The van der Waals surface area contributed by atoms with E-state index in [0.717, 1.165) is 0 Å². The van der Waals surface area contributed by atoms with Gasteiger partial charge in [-0.1, -0.05) is 50.2 Å². The van der Waals surface area contributed by atoms with E-state index in [9.17, 15) is 18.4 Å². The molecule has 1 aromatic heterocycles. The minimum absolute atomic E-state index is 0.0608. The van der Waals surface area contributed by atoms with E-state index in [-0.39, 0.29) is 25.4 Å². The van der Waals surface area contributed by atoms with Gasteiger partial charge in [0.1, 0.15) is 24.6 Å². The van der Waals surface area contributed by atoms with Gasteiger partial charge in [0, 0.05) is 31.3 Å². The normalized spacial score (nSPS) is 18.3. The fraction of sp³-hybridized carbons (Fsp3) is 0.464. The van der Waals surface area contributed by atoms with Crippen LogP contribution in [0, 0.1) is 5.95 Å². The third-order valence-corrected chi connectivity index (χ3v) is 6.95. The van der Waals surface area contributed by atoms with Crippen LogP contribution in [0.4, 0.5) is 8.78 Å². The molecule has 1 aliphatic heterocycles. The predicted octanol–water partition coefficient (Wildman–Crippen LogP) is 2.76. The Kier molecular flexibility index (Phi) is 10.2. The highest BCUT2D eigenvalue weighted by atomic mass is 19.1. The maximum Gasteiger partial charge on any atom is 0.244 e. The van der Waals surface area contributed by atoms with E-state index < -0.39 is 36.0 Å². The van der Waals surface area contributed by atoms with Crippen LogP contribution in [-0.2, 0) is 9.59 Å². The second-order valence-electron chi connectivity index (χ2n) is 9.84. The number of nitrogens with zero attached hydrogens (tertiary/aromatic N) is 4. The molecule has 0 aliphatic carbocycles. The van der Waals surface area contributed by atoms with Gasteiger partial charge in [-0.2, -0.15) is 4.39 Å². The second-order valence-corrected chi connectivity index (χ2v) is 9.84. The maximum absolute atomic E-state index is 14.8. The van der Waals surface area contributed by atoms with Crippen molar-refractivity contribution >= 4 is 11.8 Å². The molecular weight excluding hydrogens is 504 g/mol. The molecule has 212 valence electrons. The summed E-state index contributed by atoms with van der Waals surface area (Å²) in [6, 6.07) is 10.5. The Labute approximate surface area is 228 Å². The van der Waals surface area contributed by atoms with Gasteiger partial charge in [0.05, 0.1) is 18.3 Å². The van der Waals surface area contributed by atoms with Crippen LogP contribution in [0.15, 0.2) is 54.5 Å². The molecule has 2 aromatic rings. The van der Waals surface area contributed by atoms with Crippen LogP contribution in [0.1, 0.15) is 62.9 Å². The highest BCUT2D eigenvalue weighted by Crippen LogP contribution is 2.27. The standard InChI is InChI=1S/C28H39F2N7O2/c1-5-35(6-2)24(15-31)37(32)17-25(38)36-16-20(29)14-23(36)28(39)34-26(19-10-8-7-9-11-19)22-13-12-21(18(3)4)27(30)33-22/h7-13,15,18,20,23,26H,5-6,14,16-17,31-32H2,1-4H3,(H,34,39)/b24-15-/t20-,23+,26+/m1/s1. The number of rotatable bonds is 11. The average molecular weight is 544 g/mol. The number of likely N-dealkylation sites (tertiary alicyclic amines) is 1. The molecule has 9 nitrogen and oxygen atoms in total. The Morgan fingerprint density at radius 3 is 2.41 bits per heavy atom. The smallest absolute Gasteiger partial charge is 0.244 e. The zero-order chi connectivity index (χ0) is 28.7. The van der Waals surface area contributed by atoms with Crippen molar-refractivity contribution in [2.45, 2.75) is 58.3 Å². The van der Waals surface area contributed by atoms with Gasteiger partial charge in [0.2, 0.25) is 17.8 Å². The number of nitrogens with one attached hydrogen (secondary N) is 1. The number of hydrogen-bond acceptors (Lipinski definition) is 7. The number of pyridine rings is 1. The highest BCUT2D eigenvalue weighted by Gasteiger charge is 2.41. The molecule has 0 unspecified atom stereocenters. The summed E-state index contributed by atoms with van der Waals surface area (Å²) in [6.45, 7) is 8.31. The first-order valence-corrected chi connectivity index (χ1v) is 13.2. The van der Waals surface area contributed by atoms with E-state index in [1.165, 1.54) is 16.1 Å². The maximum atomic E-state index is 14.8. The van der Waals surface area contributed by atoms with Gasteiger partial charge in [-0.05, 0) is 31.4 Å². The Hall–Kier alpha value is -3.73. The average Bonchev–Trinajstić information content (AvgIpc) is 3.32. The van der Waals surface area contributed by atoms with E-state index in [1.54, 1.807) is 36.4 Å². The molecule has 3 atom stereocenters. The first-order valence-electron chi connectivity index (χ1n) is 13.2. The third kappa shape index (κ3) is 7.03. The minimum Gasteiger partial charge on any atom is -0.402 e. The van der Waals surface area contributed by atoms with Gasteiger partial charge < -0.3 is 20.9 Å². The molecular formula is C28H39F2N7O2. The summed E-state index contributed by atoms with van der Waals surface area (Å²) in [5, 5.41) is 4.08. The van der Waals surface area contributed by atoms with Crippen molar-refractivity contribution in [1.82, 2.24) is 25.1 Å². The van der Waals surface area contributed by atoms with Crippen molar-refractivity contribution in [2.24, 2.45) is 11.6 Å². The number of carbonyl (C=O) groups is 2. The molecule has 0 radical (unpaired) electrons. The summed E-state index contributed by atoms with van der Waals surface area (Å²) in [4.78, 5) is 34.0. The van der Waals surface area contributed by atoms with Crippen molar-refractivity contribution in [3.63, 3.8) is 0 Å². The fourth-order valence-corrected chi connectivity index (χ4v) is 4.82. The predicted molar refractivity (Wildman–Crippen MR) is 146 cm³/mol. The highest BCUT2D eigenvalue weighted by molar-refractivity contribution is 5.89. The SMILES string of the molecule is CCN(CC)/C(=C/N)N(N)CC(=O)N1C[C@H](F)C[C@H]1C(=O)N[C@@H](c1ccccc1)c1ccc(C(C)C)c(F)n1. The molecule has 1 aromatic carbocycles. The van der Waals surface area contributed by atoms with Crippen LogP contribution < -0.4 is 16.9 Å². The number of hydrazine groups is 1. The zero-order valence-electron chi connectivity index (χ0n) is 23.0. The van der Waals surface area contributed by atoms with E-state index >= 15 is 0 Å². The van der Waals surface area contributed by atoms with E-state index in [2.05, 4.69) is 10.3 Å². The van der Waals surface area contributed by atoms with Crippen molar-refractivity contribution in [3.8, 4) is 0 Å². The first kappa shape index (κ1) is 29.8. The summed E-state index contributed by atoms with van der Waals surface area (Å²) in [5.74, 6) is 4.85. The number of aromatic nitrogens is 1. The molecule has 1 fully saturated rings.